The molecule has 2 heteroatoms. The zero-order valence-electron chi connectivity index (χ0n) is 42.1. The van der Waals surface area contributed by atoms with Gasteiger partial charge in [-0.3, -0.25) is 0 Å². The van der Waals surface area contributed by atoms with Gasteiger partial charge in [0.25, 0.3) is 0 Å². The van der Waals surface area contributed by atoms with Gasteiger partial charge in [0.15, 0.2) is 0 Å². The molecule has 4 heterocycles. The number of nitrogens with zero attached hydrogens (tertiary/aromatic N) is 1. The summed E-state index contributed by atoms with van der Waals surface area (Å²) in [6.07, 6.45) is 0. The van der Waals surface area contributed by atoms with E-state index in [2.05, 4.69) is 284 Å². The van der Waals surface area contributed by atoms with Gasteiger partial charge < -0.3 is 4.90 Å². The molecule has 0 N–H and O–H groups in total. The summed E-state index contributed by atoms with van der Waals surface area (Å²) in [7, 11) is 0. The number of anilines is 3. The van der Waals surface area contributed by atoms with Crippen LogP contribution in [0.5, 0.6) is 0 Å². The first kappa shape index (κ1) is 41.8. The molecule has 0 bridgehead atoms. The van der Waals surface area contributed by atoms with E-state index in [1.165, 1.54) is 145 Å². The average molecular weight is 972 g/mol. The Bertz CT molecular complexity index is 4180. The highest BCUT2D eigenvalue weighted by Crippen LogP contribution is 2.65. The van der Waals surface area contributed by atoms with Gasteiger partial charge in [-0.1, -0.05) is 283 Å². The first-order valence-corrected chi connectivity index (χ1v) is 27.3. The average Bonchev–Trinajstić information content (AvgIpc) is 3.14. The van der Waals surface area contributed by atoms with Crippen LogP contribution in [0.15, 0.2) is 279 Å². The SMILES string of the molecule is c1ccc(-c2cccc(-c3ccccc3)c2N2c3ccccc3C3(c4ccccc42)c2cccc4c2B2c5c(cccc5C5(c6ccccc6-c6ccccc65)c5cccc3c52)C42c3ccccc3-c3ccccc32)cc1. The zero-order valence-corrected chi connectivity index (χ0v) is 42.1. The van der Waals surface area contributed by atoms with Crippen molar-refractivity contribution in [1.82, 2.24) is 0 Å². The Balaban J connectivity index is 1.04. The summed E-state index contributed by atoms with van der Waals surface area (Å²) in [5, 5.41) is 0. The molecule has 77 heavy (non-hydrogen) atoms. The minimum absolute atomic E-state index is 0.0267. The third-order valence-corrected chi connectivity index (χ3v) is 19.0. The van der Waals surface area contributed by atoms with Crippen LogP contribution in [0, 0.1) is 0 Å². The van der Waals surface area contributed by atoms with Gasteiger partial charge in [0.05, 0.1) is 33.3 Å². The highest BCUT2D eigenvalue weighted by molar-refractivity contribution is 6.98. The van der Waals surface area contributed by atoms with E-state index < -0.39 is 16.2 Å². The fourth-order valence-corrected chi connectivity index (χ4v) is 16.6. The topological polar surface area (TPSA) is 3.24 Å². The molecule has 6 aliphatic rings. The van der Waals surface area contributed by atoms with Gasteiger partial charge in [0.2, 0.25) is 6.71 Å². The molecule has 2 aliphatic carbocycles. The molecule has 4 aliphatic heterocycles. The molecule has 354 valence electrons. The summed E-state index contributed by atoms with van der Waals surface area (Å²) in [5.74, 6) is 0. The van der Waals surface area contributed by atoms with Crippen LogP contribution in [0.3, 0.4) is 0 Å². The van der Waals surface area contributed by atoms with Gasteiger partial charge in [0, 0.05) is 11.1 Å². The first-order valence-electron chi connectivity index (χ1n) is 27.3. The van der Waals surface area contributed by atoms with Crippen LogP contribution in [0.4, 0.5) is 17.1 Å². The van der Waals surface area contributed by atoms with Crippen molar-refractivity contribution in [2.75, 3.05) is 4.90 Å². The molecule has 0 unspecified atom stereocenters. The molecular weight excluding hydrogens is 926 g/mol. The Labute approximate surface area is 449 Å². The lowest BCUT2D eigenvalue weighted by Gasteiger charge is -2.57. The molecule has 0 fully saturated rings. The number of para-hydroxylation sites is 3. The van der Waals surface area contributed by atoms with Crippen LogP contribution in [-0.4, -0.2) is 6.71 Å². The molecule has 12 aromatic rings. The van der Waals surface area contributed by atoms with E-state index in [9.17, 15) is 0 Å². The molecule has 12 aromatic carbocycles. The van der Waals surface area contributed by atoms with Crippen molar-refractivity contribution >= 4 is 40.2 Å². The smallest absolute Gasteiger partial charge is 0.243 e. The quantitative estimate of drug-likeness (QED) is 0.160. The van der Waals surface area contributed by atoms with E-state index in [0.29, 0.717) is 0 Å². The second kappa shape index (κ2) is 14.9. The molecule has 0 saturated heterocycles. The fourth-order valence-electron chi connectivity index (χ4n) is 16.6. The monoisotopic (exact) mass is 971 g/mol. The Morgan fingerprint density at radius 3 is 0.805 bits per heavy atom. The van der Waals surface area contributed by atoms with Crippen molar-refractivity contribution in [3.8, 4) is 44.5 Å². The first-order chi connectivity index (χ1) is 38.3. The fraction of sp³-hybridized carbons (Fsp3) is 0.0400. The maximum atomic E-state index is 2.63. The van der Waals surface area contributed by atoms with Crippen LogP contribution in [-0.2, 0) is 16.2 Å². The predicted molar refractivity (Wildman–Crippen MR) is 317 cm³/mol. The van der Waals surface area contributed by atoms with Crippen LogP contribution in [0.1, 0.15) is 66.8 Å². The normalized spacial score (nSPS) is 15.5. The molecule has 0 atom stereocenters. The molecule has 0 saturated carbocycles. The number of fused-ring (bicyclic) bond motifs is 20. The standard InChI is InChI=1S/C75H46BN/c1-3-23-47(24-4-1)49-31-19-32-50(48-25-5-2-6-26-48)72(49)77-67-45-17-15-37-59(67)75(60-38-16-18-46-68(60)77)65-43-21-41-63-70(65)76-69-61(73(63)55-33-11-7-27-51(55)52-28-8-12-34-56(52)73)39-20-40-62(69)74(64-42-22-44-66(75)71(64)76)57-35-13-9-29-53(57)54-30-10-14-36-58(54)74/h1-46H. The Kier molecular flexibility index (Phi) is 8.08. The minimum atomic E-state index is -0.743. The Morgan fingerprint density at radius 1 is 0.208 bits per heavy atom. The summed E-state index contributed by atoms with van der Waals surface area (Å²) in [6.45, 7) is -0.0267. The molecular formula is C75H46BN. The molecule has 0 amide bonds. The Hall–Kier alpha value is -9.50. The van der Waals surface area contributed by atoms with Gasteiger partial charge in [-0.25, -0.2) is 0 Å². The van der Waals surface area contributed by atoms with Gasteiger partial charge in [-0.2, -0.15) is 0 Å². The molecule has 3 spiro atoms. The van der Waals surface area contributed by atoms with Gasteiger partial charge in [0.1, 0.15) is 0 Å². The minimum Gasteiger partial charge on any atom is -0.309 e. The van der Waals surface area contributed by atoms with E-state index in [-0.39, 0.29) is 6.71 Å². The van der Waals surface area contributed by atoms with Crippen LogP contribution in [0.25, 0.3) is 44.5 Å². The highest BCUT2D eigenvalue weighted by Gasteiger charge is 2.64. The van der Waals surface area contributed by atoms with Crippen molar-refractivity contribution in [3.05, 3.63) is 346 Å². The summed E-state index contributed by atoms with van der Waals surface area (Å²) in [6, 6.07) is 107. The van der Waals surface area contributed by atoms with Gasteiger partial charge in [-0.15, -0.1) is 0 Å². The molecule has 18 rings (SSSR count). The van der Waals surface area contributed by atoms with Gasteiger partial charge >= 0.3 is 0 Å². The predicted octanol–water partition coefficient (Wildman–Crippen LogP) is 15.4. The van der Waals surface area contributed by atoms with Crippen molar-refractivity contribution in [2.45, 2.75) is 16.2 Å². The van der Waals surface area contributed by atoms with Crippen molar-refractivity contribution in [3.63, 3.8) is 0 Å². The number of hydrogen-bond acceptors (Lipinski definition) is 1. The summed E-state index contributed by atoms with van der Waals surface area (Å²) >= 11 is 0. The third-order valence-electron chi connectivity index (χ3n) is 19.0. The van der Waals surface area contributed by atoms with Crippen molar-refractivity contribution in [1.29, 1.82) is 0 Å². The number of hydrogen-bond donors (Lipinski definition) is 0. The van der Waals surface area contributed by atoms with Crippen molar-refractivity contribution < 1.29 is 0 Å². The maximum absolute atomic E-state index is 2.63. The van der Waals surface area contributed by atoms with Gasteiger partial charge in [-0.05, 0) is 112 Å². The van der Waals surface area contributed by atoms with E-state index in [4.69, 9.17) is 0 Å². The van der Waals surface area contributed by atoms with Crippen molar-refractivity contribution in [2.24, 2.45) is 0 Å². The lowest BCUT2D eigenvalue weighted by atomic mass is 9.22. The number of benzene rings is 12. The van der Waals surface area contributed by atoms with Crippen LogP contribution in [0.2, 0.25) is 0 Å². The Morgan fingerprint density at radius 2 is 0.455 bits per heavy atom. The summed E-state index contributed by atoms with van der Waals surface area (Å²) < 4.78 is 0. The largest absolute Gasteiger partial charge is 0.309 e. The lowest BCUT2D eigenvalue weighted by Crippen LogP contribution is -2.73. The van der Waals surface area contributed by atoms with Crippen LogP contribution < -0.4 is 21.3 Å². The molecule has 0 aromatic heterocycles. The summed E-state index contributed by atoms with van der Waals surface area (Å²) in [4.78, 5) is 2.63. The number of rotatable bonds is 3. The third kappa shape index (κ3) is 4.78. The van der Waals surface area contributed by atoms with E-state index in [0.717, 1.165) is 0 Å². The maximum Gasteiger partial charge on any atom is 0.243 e. The van der Waals surface area contributed by atoms with E-state index in [1.807, 2.05) is 0 Å². The van der Waals surface area contributed by atoms with E-state index in [1.54, 1.807) is 0 Å². The lowest BCUT2D eigenvalue weighted by molar-refractivity contribution is 0.703. The zero-order chi connectivity index (χ0) is 50.2. The molecule has 1 nitrogen and oxygen atoms in total. The molecule has 0 radical (unpaired) electrons. The van der Waals surface area contributed by atoms with Crippen LogP contribution >= 0.6 is 0 Å². The second-order valence-corrected chi connectivity index (χ2v) is 22.0. The van der Waals surface area contributed by atoms with E-state index >= 15 is 0 Å². The highest BCUT2D eigenvalue weighted by atomic mass is 15.2. The second-order valence-electron chi connectivity index (χ2n) is 22.0. The summed E-state index contributed by atoms with van der Waals surface area (Å²) in [5.41, 5.74) is 32.4.